The van der Waals surface area contributed by atoms with Gasteiger partial charge in [-0.25, -0.2) is 0 Å². The first kappa shape index (κ1) is 13.7. The van der Waals surface area contributed by atoms with Gasteiger partial charge >= 0.3 is 0 Å². The highest BCUT2D eigenvalue weighted by Crippen LogP contribution is 2.24. The van der Waals surface area contributed by atoms with Gasteiger partial charge < -0.3 is 15.0 Å². The van der Waals surface area contributed by atoms with Crippen molar-refractivity contribution in [3.63, 3.8) is 0 Å². The molecule has 1 saturated heterocycles. The van der Waals surface area contributed by atoms with Gasteiger partial charge in [0.15, 0.2) is 0 Å². The first-order valence-corrected chi connectivity index (χ1v) is 5.87. The monoisotopic (exact) mass is 240 g/mol. The van der Waals surface area contributed by atoms with Crippen LogP contribution >= 0.6 is 0 Å². The average molecular weight is 240 g/mol. The lowest BCUT2D eigenvalue weighted by atomic mass is 9.86. The van der Waals surface area contributed by atoms with Gasteiger partial charge in [-0.3, -0.25) is 9.59 Å². The molecule has 2 atom stereocenters. The second-order valence-corrected chi connectivity index (χ2v) is 5.46. The molecule has 0 aliphatic carbocycles. The second-order valence-electron chi connectivity index (χ2n) is 5.46. The predicted molar refractivity (Wildman–Crippen MR) is 63.2 cm³/mol. The lowest BCUT2D eigenvalue weighted by Crippen LogP contribution is -2.54. The zero-order valence-electron chi connectivity index (χ0n) is 10.6. The van der Waals surface area contributed by atoms with Crippen molar-refractivity contribution < 1.29 is 14.4 Å². The summed E-state index contributed by atoms with van der Waals surface area (Å²) in [4.78, 5) is 35.3. The molecule has 1 aliphatic rings. The molecule has 1 rings (SSSR count). The molecule has 5 nitrogen and oxygen atoms in total. The summed E-state index contributed by atoms with van der Waals surface area (Å²) in [6.45, 7) is 6.25. The van der Waals surface area contributed by atoms with Gasteiger partial charge in [0.1, 0.15) is 12.3 Å². The van der Waals surface area contributed by atoms with E-state index in [1.165, 1.54) is 0 Å². The van der Waals surface area contributed by atoms with Crippen LogP contribution in [0.3, 0.4) is 0 Å². The van der Waals surface area contributed by atoms with Crippen LogP contribution < -0.4 is 5.32 Å². The Morgan fingerprint density at radius 2 is 2.06 bits per heavy atom. The minimum absolute atomic E-state index is 0.167. The fourth-order valence-electron chi connectivity index (χ4n) is 2.13. The number of nitrogens with zero attached hydrogens (tertiary/aromatic N) is 1. The fraction of sp³-hybridized carbons (Fsp3) is 0.750. The molecule has 1 fully saturated rings. The third-order valence-corrected chi connectivity index (χ3v) is 3.09. The Morgan fingerprint density at radius 1 is 1.41 bits per heavy atom. The van der Waals surface area contributed by atoms with E-state index in [-0.39, 0.29) is 17.4 Å². The smallest absolute Gasteiger partial charge is 0.246 e. The van der Waals surface area contributed by atoms with Gasteiger partial charge in [-0.15, -0.1) is 0 Å². The van der Waals surface area contributed by atoms with E-state index in [0.29, 0.717) is 19.4 Å². The molecule has 0 saturated carbocycles. The Balaban J connectivity index is 2.84. The third-order valence-electron chi connectivity index (χ3n) is 3.09. The molecule has 1 N–H and O–H groups in total. The summed E-state index contributed by atoms with van der Waals surface area (Å²) in [5.74, 6) is -0.167. The summed E-state index contributed by atoms with van der Waals surface area (Å²) >= 11 is 0. The van der Waals surface area contributed by atoms with Crippen molar-refractivity contribution in [2.45, 2.75) is 45.7 Å². The van der Waals surface area contributed by atoms with Crippen molar-refractivity contribution in [1.29, 1.82) is 0 Å². The molecular formula is C12H20N2O3. The van der Waals surface area contributed by atoms with E-state index in [4.69, 9.17) is 0 Å². The topological polar surface area (TPSA) is 66.5 Å². The predicted octanol–water partition coefficient (Wildman–Crippen LogP) is 0.337. The van der Waals surface area contributed by atoms with Gasteiger partial charge in [0.05, 0.1) is 6.04 Å². The highest BCUT2D eigenvalue weighted by atomic mass is 16.2. The minimum Gasteiger partial charge on any atom is -0.346 e. The van der Waals surface area contributed by atoms with Crippen LogP contribution in [0.2, 0.25) is 0 Å². The Hall–Kier alpha value is -1.39. The first-order chi connectivity index (χ1) is 7.91. The molecule has 0 aromatic carbocycles. The average Bonchev–Trinajstić information content (AvgIpc) is 2.71. The number of hydrogen-bond acceptors (Lipinski definition) is 3. The summed E-state index contributed by atoms with van der Waals surface area (Å²) in [5, 5.41) is 2.56. The Bertz CT molecular complexity index is 309. The molecule has 17 heavy (non-hydrogen) atoms. The van der Waals surface area contributed by atoms with Crippen molar-refractivity contribution >= 4 is 18.6 Å². The standard InChI is InChI=1S/C12H20N2O3/c1-12(2,3)10(13-8-16)11(17)14-6-4-5-9(14)7-15/h7-10H,4-6H2,1-3H3,(H,13,16)/t9?,10-/m1/s1. The molecule has 2 amide bonds. The molecule has 0 aromatic rings. The zero-order valence-corrected chi connectivity index (χ0v) is 10.6. The van der Waals surface area contributed by atoms with Crippen LogP contribution in [-0.2, 0) is 14.4 Å². The molecule has 0 bridgehead atoms. The van der Waals surface area contributed by atoms with E-state index < -0.39 is 6.04 Å². The van der Waals surface area contributed by atoms with Crippen LogP contribution in [-0.4, -0.2) is 42.1 Å². The SMILES string of the molecule is CC(C)(C)[C@H](NC=O)C(=O)N1CCCC1C=O. The van der Waals surface area contributed by atoms with Gasteiger partial charge in [-0.2, -0.15) is 0 Å². The molecular weight excluding hydrogens is 220 g/mol. The summed E-state index contributed by atoms with van der Waals surface area (Å²) in [5.41, 5.74) is -0.367. The number of nitrogens with one attached hydrogen (secondary N) is 1. The fourth-order valence-corrected chi connectivity index (χ4v) is 2.13. The number of likely N-dealkylation sites (tertiary alicyclic amines) is 1. The van der Waals surface area contributed by atoms with Crippen LogP contribution in [0.4, 0.5) is 0 Å². The highest BCUT2D eigenvalue weighted by molar-refractivity contribution is 5.87. The molecule has 1 aliphatic heterocycles. The van der Waals surface area contributed by atoms with Gasteiger partial charge in [-0.05, 0) is 18.3 Å². The van der Waals surface area contributed by atoms with Crippen molar-refractivity contribution in [1.82, 2.24) is 10.2 Å². The molecule has 1 heterocycles. The highest BCUT2D eigenvalue weighted by Gasteiger charge is 2.38. The van der Waals surface area contributed by atoms with E-state index in [2.05, 4.69) is 5.32 Å². The van der Waals surface area contributed by atoms with Gasteiger partial charge in [0.2, 0.25) is 12.3 Å². The number of carbonyl (C=O) groups is 3. The van der Waals surface area contributed by atoms with E-state index in [1.807, 2.05) is 20.8 Å². The molecule has 1 unspecified atom stereocenters. The molecule has 0 spiro atoms. The number of hydrogen-bond donors (Lipinski definition) is 1. The van der Waals surface area contributed by atoms with Gasteiger partial charge in [-0.1, -0.05) is 20.8 Å². The van der Waals surface area contributed by atoms with Crippen molar-refractivity contribution in [2.24, 2.45) is 5.41 Å². The lowest BCUT2D eigenvalue weighted by Gasteiger charge is -2.33. The van der Waals surface area contributed by atoms with E-state index in [9.17, 15) is 14.4 Å². The molecule has 5 heteroatoms. The third kappa shape index (κ3) is 3.05. The number of carbonyl (C=O) groups excluding carboxylic acids is 3. The summed E-state index contributed by atoms with van der Waals surface area (Å²) in [6.07, 6.45) is 2.91. The largest absolute Gasteiger partial charge is 0.346 e. The van der Waals surface area contributed by atoms with Crippen molar-refractivity contribution in [2.75, 3.05) is 6.54 Å². The van der Waals surface area contributed by atoms with E-state index >= 15 is 0 Å². The van der Waals surface area contributed by atoms with Crippen LogP contribution in [0.25, 0.3) is 0 Å². The maximum absolute atomic E-state index is 12.3. The van der Waals surface area contributed by atoms with E-state index in [1.54, 1.807) is 4.90 Å². The normalized spacial score (nSPS) is 22.1. The summed E-state index contributed by atoms with van der Waals surface area (Å²) in [7, 11) is 0. The molecule has 96 valence electrons. The maximum Gasteiger partial charge on any atom is 0.246 e. The van der Waals surface area contributed by atoms with Crippen LogP contribution in [0.15, 0.2) is 0 Å². The quantitative estimate of drug-likeness (QED) is 0.720. The second kappa shape index (κ2) is 5.29. The van der Waals surface area contributed by atoms with Crippen LogP contribution in [0.1, 0.15) is 33.6 Å². The number of rotatable bonds is 4. The lowest BCUT2D eigenvalue weighted by molar-refractivity contribution is -0.140. The number of amides is 2. The number of aldehydes is 1. The Labute approximate surface area is 102 Å². The summed E-state index contributed by atoms with van der Waals surface area (Å²) < 4.78 is 0. The zero-order chi connectivity index (χ0) is 13.1. The molecule has 0 radical (unpaired) electrons. The summed E-state index contributed by atoms with van der Waals surface area (Å²) in [6, 6.07) is -0.915. The Morgan fingerprint density at radius 3 is 2.53 bits per heavy atom. The first-order valence-electron chi connectivity index (χ1n) is 5.87. The van der Waals surface area contributed by atoms with E-state index in [0.717, 1.165) is 12.7 Å². The Kier molecular flexibility index (Phi) is 4.26. The van der Waals surface area contributed by atoms with Gasteiger partial charge in [0.25, 0.3) is 0 Å². The van der Waals surface area contributed by atoms with Crippen molar-refractivity contribution in [3.05, 3.63) is 0 Å². The van der Waals surface area contributed by atoms with Crippen molar-refractivity contribution in [3.8, 4) is 0 Å². The maximum atomic E-state index is 12.3. The molecule has 0 aromatic heterocycles. The minimum atomic E-state index is -0.583. The van der Waals surface area contributed by atoms with Crippen LogP contribution in [0.5, 0.6) is 0 Å². The van der Waals surface area contributed by atoms with Crippen LogP contribution in [0, 0.1) is 5.41 Å². The van der Waals surface area contributed by atoms with Gasteiger partial charge in [0, 0.05) is 6.54 Å².